The Morgan fingerprint density at radius 2 is 1.08 bits per heavy atom. The maximum absolute atomic E-state index is 2.45. The molecule has 0 radical (unpaired) electrons. The third kappa shape index (κ3) is 4.38. The van der Waals surface area contributed by atoms with Crippen LogP contribution >= 0.6 is 0 Å². The number of nitrogens with zero attached hydrogens (tertiary/aromatic N) is 1. The molecule has 0 unspecified atom stereocenters. The first kappa shape index (κ1) is 28.6. The molecule has 0 aliphatic heterocycles. The summed E-state index contributed by atoms with van der Waals surface area (Å²) in [5.41, 5.74) is 11.3. The fraction of sp³-hybridized carbons (Fsp3) is 0.0638. The van der Waals surface area contributed by atoms with Gasteiger partial charge in [0.1, 0.15) is 0 Å². The fourth-order valence-electron chi connectivity index (χ4n) is 8.17. The van der Waals surface area contributed by atoms with Crippen LogP contribution in [0.2, 0.25) is 0 Å². The molecule has 9 aromatic rings. The van der Waals surface area contributed by atoms with E-state index >= 15 is 0 Å². The number of hydrogen-bond acceptors (Lipinski definition) is 1. The zero-order chi connectivity index (χ0) is 32.7. The summed E-state index contributed by atoms with van der Waals surface area (Å²) in [4.78, 5) is 2.45. The Kier molecular flexibility index (Phi) is 6.31. The Morgan fingerprint density at radius 1 is 0.449 bits per heavy atom. The van der Waals surface area contributed by atoms with E-state index in [0.717, 1.165) is 5.69 Å². The SMILES string of the molecule is CC1(C)c2ccccc2-c2cc(N(c3ccc(-c4ccccc4)cc3)c3ccc4ccc5ccc6c7ccccc7[se]c6c5c4c3)ccc21. The first-order chi connectivity index (χ1) is 24.0. The molecule has 1 heterocycles. The van der Waals surface area contributed by atoms with Crippen molar-refractivity contribution in [2.45, 2.75) is 19.3 Å². The molecule has 8 aromatic carbocycles. The van der Waals surface area contributed by atoms with Crippen molar-refractivity contribution in [3.63, 3.8) is 0 Å². The number of benzene rings is 8. The minimum absolute atomic E-state index is 0.0335. The van der Waals surface area contributed by atoms with Crippen LogP contribution < -0.4 is 4.90 Å². The molecule has 49 heavy (non-hydrogen) atoms. The molecule has 10 rings (SSSR count). The van der Waals surface area contributed by atoms with Gasteiger partial charge in [0, 0.05) is 0 Å². The summed E-state index contributed by atoms with van der Waals surface area (Å²) in [6, 6.07) is 61.0. The molecular weight excluding hydrogens is 657 g/mol. The summed E-state index contributed by atoms with van der Waals surface area (Å²) < 4.78 is 2.98. The quantitative estimate of drug-likeness (QED) is 0.131. The monoisotopic (exact) mass is 691 g/mol. The van der Waals surface area contributed by atoms with E-state index in [-0.39, 0.29) is 19.9 Å². The van der Waals surface area contributed by atoms with E-state index in [0.29, 0.717) is 0 Å². The van der Waals surface area contributed by atoms with Gasteiger partial charge in [-0.05, 0) is 0 Å². The summed E-state index contributed by atoms with van der Waals surface area (Å²) in [6.45, 7) is 4.70. The molecule has 0 saturated heterocycles. The first-order valence-electron chi connectivity index (χ1n) is 17.0. The molecular formula is C47H33NSe. The number of anilines is 3. The van der Waals surface area contributed by atoms with E-state index in [4.69, 9.17) is 0 Å². The predicted octanol–water partition coefficient (Wildman–Crippen LogP) is 12.8. The van der Waals surface area contributed by atoms with Crippen molar-refractivity contribution in [3.8, 4) is 22.3 Å². The second-order valence-corrected chi connectivity index (χ2v) is 16.0. The Bertz CT molecular complexity index is 2730. The van der Waals surface area contributed by atoms with Crippen LogP contribution in [-0.4, -0.2) is 14.5 Å². The van der Waals surface area contributed by atoms with E-state index in [1.165, 1.54) is 85.6 Å². The Morgan fingerprint density at radius 3 is 1.96 bits per heavy atom. The van der Waals surface area contributed by atoms with Gasteiger partial charge in [0.2, 0.25) is 0 Å². The van der Waals surface area contributed by atoms with Crippen LogP contribution in [0.1, 0.15) is 25.0 Å². The number of rotatable bonds is 4. The van der Waals surface area contributed by atoms with Crippen molar-refractivity contribution in [1.82, 2.24) is 0 Å². The zero-order valence-corrected chi connectivity index (χ0v) is 29.2. The van der Waals surface area contributed by atoms with Gasteiger partial charge in [0.15, 0.2) is 0 Å². The Hall–Kier alpha value is -5.40. The second kappa shape index (κ2) is 10.8. The number of hydrogen-bond donors (Lipinski definition) is 0. The van der Waals surface area contributed by atoms with Crippen LogP contribution in [0.15, 0.2) is 164 Å². The molecule has 1 aromatic heterocycles. The van der Waals surface area contributed by atoms with Gasteiger partial charge in [-0.25, -0.2) is 0 Å². The van der Waals surface area contributed by atoms with E-state index in [1.807, 2.05) is 0 Å². The molecule has 2 heteroatoms. The molecule has 0 amide bonds. The van der Waals surface area contributed by atoms with Gasteiger partial charge in [-0.3, -0.25) is 0 Å². The van der Waals surface area contributed by atoms with Gasteiger partial charge in [0.25, 0.3) is 0 Å². The third-order valence-corrected chi connectivity index (χ3v) is 13.2. The van der Waals surface area contributed by atoms with Gasteiger partial charge in [-0.15, -0.1) is 0 Å². The summed E-state index contributed by atoms with van der Waals surface area (Å²) in [7, 11) is 0. The average Bonchev–Trinajstić information content (AvgIpc) is 3.64. The van der Waals surface area contributed by atoms with E-state index in [9.17, 15) is 0 Å². The van der Waals surface area contributed by atoms with Crippen molar-refractivity contribution >= 4 is 72.4 Å². The molecule has 0 bridgehead atoms. The molecule has 232 valence electrons. The summed E-state index contributed by atoms with van der Waals surface area (Å²) in [6.07, 6.45) is 0. The zero-order valence-electron chi connectivity index (χ0n) is 27.4. The molecule has 0 fully saturated rings. The summed E-state index contributed by atoms with van der Waals surface area (Å²) in [5.74, 6) is 0. The van der Waals surface area contributed by atoms with Crippen molar-refractivity contribution in [1.29, 1.82) is 0 Å². The van der Waals surface area contributed by atoms with E-state index < -0.39 is 0 Å². The van der Waals surface area contributed by atoms with Crippen LogP contribution in [0, 0.1) is 0 Å². The molecule has 1 aliphatic rings. The fourth-order valence-corrected chi connectivity index (χ4v) is 10.8. The summed E-state index contributed by atoms with van der Waals surface area (Å²) >= 11 is 0.267. The molecule has 0 saturated carbocycles. The van der Waals surface area contributed by atoms with Gasteiger partial charge < -0.3 is 0 Å². The Labute approximate surface area is 292 Å². The van der Waals surface area contributed by atoms with Crippen LogP contribution in [0.4, 0.5) is 17.1 Å². The average molecular weight is 691 g/mol. The minimum atomic E-state index is -0.0335. The standard InChI is InChI=1S/C47H33NSe/c1-47(2)42-14-8-6-12-37(42)41-29-36(25-27-43(41)47)48(34-22-18-31(19-23-34)30-10-4-3-5-11-30)35-24-20-32-16-17-33-21-26-39-38-13-7-9-15-44(38)49-46(39)45(33)40(32)28-35/h3-29H,1-2H3. The number of fused-ring (bicyclic) bond motifs is 10. The second-order valence-electron chi connectivity index (χ2n) is 13.8. The van der Waals surface area contributed by atoms with Crippen molar-refractivity contribution < 1.29 is 0 Å². The van der Waals surface area contributed by atoms with E-state index in [1.54, 1.807) is 0 Å². The molecule has 1 aliphatic carbocycles. The third-order valence-electron chi connectivity index (χ3n) is 10.6. The van der Waals surface area contributed by atoms with Gasteiger partial charge >= 0.3 is 269 Å². The van der Waals surface area contributed by atoms with Crippen molar-refractivity contribution in [3.05, 3.63) is 175 Å². The van der Waals surface area contributed by atoms with E-state index in [2.05, 4.69) is 183 Å². The van der Waals surface area contributed by atoms with Gasteiger partial charge in [0.05, 0.1) is 0 Å². The maximum atomic E-state index is 2.45. The van der Waals surface area contributed by atoms with Crippen LogP contribution in [0.3, 0.4) is 0 Å². The van der Waals surface area contributed by atoms with Gasteiger partial charge in [-0.1, -0.05) is 24.3 Å². The normalized spacial score (nSPS) is 13.3. The molecule has 0 N–H and O–H groups in total. The van der Waals surface area contributed by atoms with Gasteiger partial charge in [-0.2, -0.15) is 0 Å². The molecule has 0 spiro atoms. The Balaban J connectivity index is 1.21. The summed E-state index contributed by atoms with van der Waals surface area (Å²) in [5, 5.41) is 8.11. The van der Waals surface area contributed by atoms with Crippen molar-refractivity contribution in [2.75, 3.05) is 4.90 Å². The molecule has 1 nitrogen and oxygen atoms in total. The topological polar surface area (TPSA) is 3.24 Å². The molecule has 0 atom stereocenters. The van der Waals surface area contributed by atoms with Crippen LogP contribution in [0.25, 0.3) is 63.1 Å². The predicted molar refractivity (Wildman–Crippen MR) is 211 cm³/mol. The van der Waals surface area contributed by atoms with Crippen LogP contribution in [-0.2, 0) is 5.41 Å². The van der Waals surface area contributed by atoms with Crippen LogP contribution in [0.5, 0.6) is 0 Å². The first-order valence-corrected chi connectivity index (χ1v) is 18.7. The van der Waals surface area contributed by atoms with Crippen molar-refractivity contribution in [2.24, 2.45) is 0 Å².